The zero-order valence-electron chi connectivity index (χ0n) is 13.1. The fraction of sp³-hybridized carbons (Fsp3) is 0.625. The fourth-order valence-corrected chi connectivity index (χ4v) is 2.48. The van der Waals surface area contributed by atoms with Crippen molar-refractivity contribution in [3.63, 3.8) is 0 Å². The van der Waals surface area contributed by atoms with Crippen molar-refractivity contribution in [3.05, 3.63) is 34.9 Å². The maximum absolute atomic E-state index is 12.8. The van der Waals surface area contributed by atoms with Crippen LogP contribution in [0.25, 0.3) is 0 Å². The number of hydrogen-bond acceptors (Lipinski definition) is 2. The van der Waals surface area contributed by atoms with Gasteiger partial charge in [-0.1, -0.05) is 19.9 Å². The molecule has 5 heteroatoms. The molecule has 0 radical (unpaired) electrons. The van der Waals surface area contributed by atoms with Crippen LogP contribution >= 0.6 is 0 Å². The summed E-state index contributed by atoms with van der Waals surface area (Å²) in [5.41, 5.74) is 0.891. The second kappa shape index (κ2) is 7.80. The number of methoxy groups -OCH3 is 1. The number of benzene rings is 1. The van der Waals surface area contributed by atoms with E-state index in [9.17, 15) is 13.2 Å². The molecule has 1 rings (SSSR count). The molecule has 2 atom stereocenters. The molecule has 21 heavy (non-hydrogen) atoms. The smallest absolute Gasteiger partial charge is 0.379 e. The average Bonchev–Trinajstić information content (AvgIpc) is 2.43. The molecule has 1 aromatic rings. The third-order valence-electron chi connectivity index (χ3n) is 3.62. The lowest BCUT2D eigenvalue weighted by Crippen LogP contribution is -2.34. The lowest BCUT2D eigenvalue weighted by atomic mass is 9.93. The molecule has 2 unspecified atom stereocenters. The van der Waals surface area contributed by atoms with Gasteiger partial charge in [0.25, 0.3) is 0 Å². The first-order valence-electron chi connectivity index (χ1n) is 7.29. The van der Waals surface area contributed by atoms with Crippen LogP contribution in [0.15, 0.2) is 18.2 Å². The minimum atomic E-state index is -4.30. The zero-order chi connectivity index (χ0) is 16.0. The van der Waals surface area contributed by atoms with Crippen LogP contribution in [0.1, 0.15) is 49.4 Å². The van der Waals surface area contributed by atoms with Gasteiger partial charge in [0.1, 0.15) is 0 Å². The number of halogens is 3. The Kier molecular flexibility index (Phi) is 6.68. The Hall–Kier alpha value is -1.07. The molecule has 0 bridgehead atoms. The molecular weight excluding hydrogens is 279 g/mol. The standard InChI is InChI=1S/C16H24F3NO/c1-5-9-20-15(14(6-2)21-4)13-8-7-12(10-11(13)3)16(17,18)19/h7-8,10,14-15,20H,5-6,9H2,1-4H3. The first-order valence-corrected chi connectivity index (χ1v) is 7.29. The quantitative estimate of drug-likeness (QED) is 0.802. The highest BCUT2D eigenvalue weighted by Gasteiger charge is 2.31. The number of nitrogens with one attached hydrogen (secondary N) is 1. The minimum absolute atomic E-state index is 0.0630. The molecule has 1 aromatic carbocycles. The highest BCUT2D eigenvalue weighted by atomic mass is 19.4. The second-order valence-corrected chi connectivity index (χ2v) is 5.18. The van der Waals surface area contributed by atoms with Crippen LogP contribution in [0.4, 0.5) is 13.2 Å². The molecule has 0 saturated carbocycles. The van der Waals surface area contributed by atoms with Crippen molar-refractivity contribution in [2.75, 3.05) is 13.7 Å². The Labute approximate surface area is 124 Å². The predicted molar refractivity (Wildman–Crippen MR) is 78.3 cm³/mol. The second-order valence-electron chi connectivity index (χ2n) is 5.18. The van der Waals surface area contributed by atoms with Crippen molar-refractivity contribution in [2.24, 2.45) is 0 Å². The van der Waals surface area contributed by atoms with E-state index in [0.29, 0.717) is 5.56 Å². The molecule has 0 fully saturated rings. The van der Waals surface area contributed by atoms with Crippen molar-refractivity contribution >= 4 is 0 Å². The molecule has 0 aromatic heterocycles. The van der Waals surface area contributed by atoms with Crippen LogP contribution in [0.2, 0.25) is 0 Å². The van der Waals surface area contributed by atoms with E-state index in [2.05, 4.69) is 12.2 Å². The monoisotopic (exact) mass is 303 g/mol. The molecule has 0 aliphatic rings. The van der Waals surface area contributed by atoms with Crippen molar-refractivity contribution in [3.8, 4) is 0 Å². The third kappa shape index (κ3) is 4.71. The largest absolute Gasteiger partial charge is 0.416 e. The fourth-order valence-electron chi connectivity index (χ4n) is 2.48. The number of alkyl halides is 3. The summed E-state index contributed by atoms with van der Waals surface area (Å²) in [6.07, 6.45) is -2.62. The maximum atomic E-state index is 12.8. The van der Waals surface area contributed by atoms with E-state index in [-0.39, 0.29) is 12.1 Å². The number of rotatable bonds is 7. The van der Waals surface area contributed by atoms with Crippen LogP contribution in [0, 0.1) is 6.92 Å². The Morgan fingerprint density at radius 1 is 1.24 bits per heavy atom. The molecule has 0 aliphatic heterocycles. The summed E-state index contributed by atoms with van der Waals surface area (Å²) in [5.74, 6) is 0. The molecule has 0 heterocycles. The van der Waals surface area contributed by atoms with Crippen molar-refractivity contribution in [2.45, 2.75) is 51.9 Å². The van der Waals surface area contributed by atoms with Gasteiger partial charge in [-0.2, -0.15) is 13.2 Å². The number of aryl methyl sites for hydroxylation is 1. The summed E-state index contributed by atoms with van der Waals surface area (Å²) in [6.45, 7) is 6.57. The van der Waals surface area contributed by atoms with E-state index in [4.69, 9.17) is 4.74 Å². The summed E-state index contributed by atoms with van der Waals surface area (Å²) in [5, 5.41) is 3.38. The Morgan fingerprint density at radius 2 is 1.90 bits per heavy atom. The summed E-state index contributed by atoms with van der Waals surface area (Å²) in [6, 6.07) is 3.82. The summed E-state index contributed by atoms with van der Waals surface area (Å²) in [7, 11) is 1.63. The maximum Gasteiger partial charge on any atom is 0.416 e. The van der Waals surface area contributed by atoms with Gasteiger partial charge in [-0.3, -0.25) is 0 Å². The lowest BCUT2D eigenvalue weighted by molar-refractivity contribution is -0.137. The zero-order valence-corrected chi connectivity index (χ0v) is 13.1. The van der Waals surface area contributed by atoms with Gasteiger partial charge < -0.3 is 10.1 Å². The van der Waals surface area contributed by atoms with Gasteiger partial charge in [0, 0.05) is 7.11 Å². The molecule has 0 amide bonds. The van der Waals surface area contributed by atoms with Gasteiger partial charge in [-0.15, -0.1) is 0 Å². The number of hydrogen-bond donors (Lipinski definition) is 1. The molecule has 2 nitrogen and oxygen atoms in total. The normalized spacial score (nSPS) is 15.0. The van der Waals surface area contributed by atoms with E-state index < -0.39 is 11.7 Å². The van der Waals surface area contributed by atoms with Crippen LogP contribution < -0.4 is 5.32 Å². The van der Waals surface area contributed by atoms with Gasteiger partial charge in [0.05, 0.1) is 17.7 Å². The summed E-state index contributed by atoms with van der Waals surface area (Å²) >= 11 is 0. The summed E-state index contributed by atoms with van der Waals surface area (Å²) < 4.78 is 43.7. The van der Waals surface area contributed by atoms with E-state index >= 15 is 0 Å². The average molecular weight is 303 g/mol. The van der Waals surface area contributed by atoms with Crippen LogP contribution in [-0.2, 0) is 10.9 Å². The van der Waals surface area contributed by atoms with E-state index in [1.807, 2.05) is 6.92 Å². The van der Waals surface area contributed by atoms with Crippen LogP contribution in [-0.4, -0.2) is 19.8 Å². The molecule has 1 N–H and O–H groups in total. The van der Waals surface area contributed by atoms with Gasteiger partial charge >= 0.3 is 6.18 Å². The van der Waals surface area contributed by atoms with E-state index in [1.54, 1.807) is 20.1 Å². The Morgan fingerprint density at radius 3 is 2.33 bits per heavy atom. The van der Waals surface area contributed by atoms with Crippen molar-refractivity contribution < 1.29 is 17.9 Å². The van der Waals surface area contributed by atoms with Gasteiger partial charge in [0.2, 0.25) is 0 Å². The van der Waals surface area contributed by atoms with E-state index in [0.717, 1.165) is 31.0 Å². The number of ether oxygens (including phenoxy) is 1. The van der Waals surface area contributed by atoms with Crippen molar-refractivity contribution in [1.29, 1.82) is 0 Å². The van der Waals surface area contributed by atoms with Crippen LogP contribution in [0.5, 0.6) is 0 Å². The first-order chi connectivity index (χ1) is 9.85. The molecular formula is C16H24F3NO. The first kappa shape index (κ1) is 18.0. The third-order valence-corrected chi connectivity index (χ3v) is 3.62. The molecule has 0 spiro atoms. The van der Waals surface area contributed by atoms with Gasteiger partial charge in [-0.05, 0) is 49.6 Å². The van der Waals surface area contributed by atoms with E-state index in [1.165, 1.54) is 6.07 Å². The highest BCUT2D eigenvalue weighted by molar-refractivity contribution is 5.35. The van der Waals surface area contributed by atoms with Gasteiger partial charge in [0.15, 0.2) is 0 Å². The molecule has 120 valence electrons. The Balaban J connectivity index is 3.12. The topological polar surface area (TPSA) is 21.3 Å². The SMILES string of the molecule is CCCNC(c1ccc(C(F)(F)F)cc1C)C(CC)OC. The highest BCUT2D eigenvalue weighted by Crippen LogP contribution is 2.33. The minimum Gasteiger partial charge on any atom is -0.379 e. The van der Waals surface area contributed by atoms with Crippen LogP contribution in [0.3, 0.4) is 0 Å². The Bertz CT molecular complexity index is 442. The molecule has 0 saturated heterocycles. The van der Waals surface area contributed by atoms with Gasteiger partial charge in [-0.25, -0.2) is 0 Å². The van der Waals surface area contributed by atoms with Crippen molar-refractivity contribution in [1.82, 2.24) is 5.32 Å². The molecule has 0 aliphatic carbocycles. The predicted octanol–water partition coefficient (Wildman–Crippen LogP) is 4.48. The summed E-state index contributed by atoms with van der Waals surface area (Å²) in [4.78, 5) is 0. The lowest BCUT2D eigenvalue weighted by Gasteiger charge is -2.28.